The summed E-state index contributed by atoms with van der Waals surface area (Å²) in [4.78, 5) is 12.5. The quantitative estimate of drug-likeness (QED) is 0.760. The predicted molar refractivity (Wildman–Crippen MR) is 60.9 cm³/mol. The summed E-state index contributed by atoms with van der Waals surface area (Å²) in [5.41, 5.74) is 6.29. The Hall–Kier alpha value is -1.55. The molecule has 3 N–H and O–H groups in total. The number of rotatable bonds is 1. The van der Waals surface area contributed by atoms with Crippen LogP contribution in [0.1, 0.15) is 24.8 Å². The maximum absolute atomic E-state index is 11.2. The van der Waals surface area contributed by atoms with E-state index in [1.54, 1.807) is 0 Å². The van der Waals surface area contributed by atoms with Crippen molar-refractivity contribution in [2.24, 2.45) is 5.73 Å². The van der Waals surface area contributed by atoms with Gasteiger partial charge in [-0.05, 0) is 24.8 Å². The largest absolute Gasteiger partial charge is 0.465 e. The van der Waals surface area contributed by atoms with Crippen molar-refractivity contribution in [2.75, 3.05) is 6.54 Å². The van der Waals surface area contributed by atoms with Crippen LogP contribution in [0.25, 0.3) is 0 Å². The van der Waals surface area contributed by atoms with Gasteiger partial charge in [-0.25, -0.2) is 4.79 Å². The first kappa shape index (κ1) is 11.0. The van der Waals surface area contributed by atoms with E-state index in [1.165, 1.54) is 4.90 Å². The molecule has 0 aliphatic carbocycles. The van der Waals surface area contributed by atoms with Gasteiger partial charge < -0.3 is 10.8 Å². The minimum absolute atomic E-state index is 0.515. The molecular formula is C12H16N2O2. The zero-order valence-corrected chi connectivity index (χ0v) is 9.10. The van der Waals surface area contributed by atoms with Crippen LogP contribution >= 0.6 is 0 Å². The molecule has 0 spiro atoms. The summed E-state index contributed by atoms with van der Waals surface area (Å²) in [6.45, 7) is 0.515. The van der Waals surface area contributed by atoms with Gasteiger partial charge in [0.05, 0.1) is 0 Å². The monoisotopic (exact) mass is 220 g/mol. The van der Waals surface area contributed by atoms with Gasteiger partial charge in [0.1, 0.15) is 5.66 Å². The van der Waals surface area contributed by atoms with Crippen molar-refractivity contribution in [3.63, 3.8) is 0 Å². The Morgan fingerprint density at radius 2 is 2.00 bits per heavy atom. The molecule has 1 saturated heterocycles. The highest BCUT2D eigenvalue weighted by molar-refractivity contribution is 5.66. The average molecular weight is 220 g/mol. The maximum atomic E-state index is 11.2. The Bertz CT molecular complexity index is 380. The summed E-state index contributed by atoms with van der Waals surface area (Å²) in [7, 11) is 0. The van der Waals surface area contributed by atoms with Gasteiger partial charge in [0.25, 0.3) is 0 Å². The Morgan fingerprint density at radius 3 is 2.62 bits per heavy atom. The lowest BCUT2D eigenvalue weighted by Gasteiger charge is -2.43. The predicted octanol–water partition coefficient (Wildman–Crippen LogP) is 1.96. The van der Waals surface area contributed by atoms with E-state index in [0.29, 0.717) is 13.0 Å². The van der Waals surface area contributed by atoms with Crippen molar-refractivity contribution in [1.82, 2.24) is 4.90 Å². The van der Waals surface area contributed by atoms with Gasteiger partial charge in [-0.15, -0.1) is 0 Å². The Morgan fingerprint density at radius 1 is 1.31 bits per heavy atom. The van der Waals surface area contributed by atoms with Crippen LogP contribution in [-0.2, 0) is 5.66 Å². The lowest BCUT2D eigenvalue weighted by molar-refractivity contribution is 0.0483. The van der Waals surface area contributed by atoms with Gasteiger partial charge in [0, 0.05) is 6.54 Å². The number of likely N-dealkylation sites (tertiary alicyclic amines) is 1. The zero-order chi connectivity index (χ0) is 11.6. The van der Waals surface area contributed by atoms with E-state index in [2.05, 4.69) is 0 Å². The highest BCUT2D eigenvalue weighted by Gasteiger charge is 2.39. The maximum Gasteiger partial charge on any atom is 0.409 e. The molecule has 1 unspecified atom stereocenters. The van der Waals surface area contributed by atoms with Gasteiger partial charge in [0.2, 0.25) is 0 Å². The molecule has 86 valence electrons. The number of amides is 1. The fourth-order valence-electron chi connectivity index (χ4n) is 2.29. The molecule has 1 heterocycles. The van der Waals surface area contributed by atoms with Gasteiger partial charge >= 0.3 is 6.09 Å². The van der Waals surface area contributed by atoms with Crippen molar-refractivity contribution in [1.29, 1.82) is 0 Å². The SMILES string of the molecule is NC1(c2ccccc2)CCCCN1C(=O)O. The normalized spacial score (nSPS) is 25.4. The van der Waals surface area contributed by atoms with Gasteiger partial charge in [-0.1, -0.05) is 30.3 Å². The van der Waals surface area contributed by atoms with Gasteiger partial charge in [0.15, 0.2) is 0 Å². The summed E-state index contributed by atoms with van der Waals surface area (Å²) in [6, 6.07) is 9.46. The van der Waals surface area contributed by atoms with Crippen LogP contribution in [0.4, 0.5) is 4.79 Å². The van der Waals surface area contributed by atoms with Crippen LogP contribution in [0.5, 0.6) is 0 Å². The first-order chi connectivity index (χ1) is 7.64. The van der Waals surface area contributed by atoms with Gasteiger partial charge in [-0.2, -0.15) is 0 Å². The molecule has 1 fully saturated rings. The molecule has 1 amide bonds. The smallest absolute Gasteiger partial charge is 0.409 e. The molecule has 4 heteroatoms. The van der Waals surface area contributed by atoms with Crippen molar-refractivity contribution in [2.45, 2.75) is 24.9 Å². The number of nitrogens with two attached hydrogens (primary N) is 1. The third kappa shape index (κ3) is 1.76. The van der Waals surface area contributed by atoms with Crippen molar-refractivity contribution >= 4 is 6.09 Å². The summed E-state index contributed by atoms with van der Waals surface area (Å²) < 4.78 is 0. The van der Waals surface area contributed by atoms with Crippen LogP contribution in [0.3, 0.4) is 0 Å². The first-order valence-corrected chi connectivity index (χ1v) is 5.49. The standard InChI is InChI=1S/C12H16N2O2/c13-12(10-6-2-1-3-7-10)8-4-5-9-14(12)11(15)16/h1-3,6-7H,4-5,8-9,13H2,(H,15,16). The number of carbonyl (C=O) groups is 1. The number of benzene rings is 1. The van der Waals surface area contributed by atoms with E-state index in [1.807, 2.05) is 30.3 Å². The first-order valence-electron chi connectivity index (χ1n) is 5.49. The highest BCUT2D eigenvalue weighted by Crippen LogP contribution is 2.32. The van der Waals surface area contributed by atoms with E-state index in [9.17, 15) is 9.90 Å². The summed E-state index contributed by atoms with van der Waals surface area (Å²) in [6.07, 6.45) is 1.60. The fraction of sp³-hybridized carbons (Fsp3) is 0.417. The Balaban J connectivity index is 2.37. The molecule has 0 aromatic heterocycles. The fourth-order valence-corrected chi connectivity index (χ4v) is 2.29. The van der Waals surface area contributed by atoms with Crippen molar-refractivity contribution in [3.8, 4) is 0 Å². The van der Waals surface area contributed by atoms with Crippen molar-refractivity contribution in [3.05, 3.63) is 35.9 Å². The van der Waals surface area contributed by atoms with Crippen LogP contribution in [0.2, 0.25) is 0 Å². The molecule has 0 radical (unpaired) electrons. The molecule has 0 saturated carbocycles. The van der Waals surface area contributed by atoms with E-state index < -0.39 is 11.8 Å². The zero-order valence-electron chi connectivity index (χ0n) is 9.10. The second-order valence-corrected chi connectivity index (χ2v) is 4.18. The lowest BCUT2D eigenvalue weighted by atomic mass is 9.89. The summed E-state index contributed by atoms with van der Waals surface area (Å²) in [5.74, 6) is 0. The summed E-state index contributed by atoms with van der Waals surface area (Å²) >= 11 is 0. The van der Waals surface area contributed by atoms with Crippen LogP contribution < -0.4 is 5.73 Å². The molecule has 1 aliphatic rings. The average Bonchev–Trinajstić information content (AvgIpc) is 2.30. The molecule has 4 nitrogen and oxygen atoms in total. The highest BCUT2D eigenvalue weighted by atomic mass is 16.4. The Kier molecular flexibility index (Phi) is 2.83. The molecule has 1 aromatic rings. The number of carboxylic acid groups (broad SMARTS) is 1. The second kappa shape index (κ2) is 4.14. The molecule has 1 atom stereocenters. The van der Waals surface area contributed by atoms with Crippen molar-refractivity contribution < 1.29 is 9.90 Å². The van der Waals surface area contributed by atoms with E-state index in [4.69, 9.17) is 5.73 Å². The number of piperidine rings is 1. The number of hydrogen-bond acceptors (Lipinski definition) is 2. The lowest BCUT2D eigenvalue weighted by Crippen LogP contribution is -2.57. The topological polar surface area (TPSA) is 66.6 Å². The second-order valence-electron chi connectivity index (χ2n) is 4.18. The third-order valence-electron chi connectivity index (χ3n) is 3.18. The van der Waals surface area contributed by atoms with Crippen LogP contribution in [0, 0.1) is 0 Å². The van der Waals surface area contributed by atoms with Crippen LogP contribution in [-0.4, -0.2) is 22.6 Å². The van der Waals surface area contributed by atoms with E-state index in [0.717, 1.165) is 18.4 Å². The Labute approximate surface area is 94.7 Å². The number of hydrogen-bond donors (Lipinski definition) is 2. The van der Waals surface area contributed by atoms with E-state index >= 15 is 0 Å². The molecule has 1 aliphatic heterocycles. The minimum atomic E-state index is -0.939. The third-order valence-corrected chi connectivity index (χ3v) is 3.18. The molecule has 2 rings (SSSR count). The molecule has 16 heavy (non-hydrogen) atoms. The minimum Gasteiger partial charge on any atom is -0.465 e. The molecule has 0 bridgehead atoms. The summed E-state index contributed by atoms with van der Waals surface area (Å²) in [5, 5.41) is 9.18. The van der Waals surface area contributed by atoms with Gasteiger partial charge in [-0.3, -0.25) is 4.90 Å². The van der Waals surface area contributed by atoms with E-state index in [-0.39, 0.29) is 0 Å². The number of nitrogens with zero attached hydrogens (tertiary/aromatic N) is 1. The molecular weight excluding hydrogens is 204 g/mol. The van der Waals surface area contributed by atoms with Crippen LogP contribution in [0.15, 0.2) is 30.3 Å². The molecule has 1 aromatic carbocycles.